The van der Waals surface area contributed by atoms with Crippen LogP contribution in [0.2, 0.25) is 0 Å². The lowest BCUT2D eigenvalue weighted by atomic mass is 10.1. The van der Waals surface area contributed by atoms with Gasteiger partial charge < -0.3 is 10.1 Å². The van der Waals surface area contributed by atoms with Crippen molar-refractivity contribution in [2.45, 2.75) is 31.3 Å². The quantitative estimate of drug-likeness (QED) is 0.907. The smallest absolute Gasteiger partial charge is 0.263 e. The van der Waals surface area contributed by atoms with Crippen LogP contribution in [0, 0.1) is 0 Å². The van der Waals surface area contributed by atoms with Crippen LogP contribution >= 0.6 is 0 Å². The minimum Gasteiger partial charge on any atom is -0.383 e. The number of aromatic nitrogens is 1. The molecule has 1 saturated heterocycles. The first-order chi connectivity index (χ1) is 9.39. The van der Waals surface area contributed by atoms with E-state index in [-0.39, 0.29) is 5.03 Å². The van der Waals surface area contributed by atoms with Crippen molar-refractivity contribution in [1.29, 1.82) is 0 Å². The Hall–Kier alpha value is -1.18. The number of hydrogen-bond donors (Lipinski definition) is 1. The van der Waals surface area contributed by atoms with Crippen LogP contribution in [0.5, 0.6) is 0 Å². The van der Waals surface area contributed by atoms with Crippen LogP contribution in [0.25, 0.3) is 0 Å². The van der Waals surface area contributed by atoms with Gasteiger partial charge in [-0.2, -0.15) is 4.31 Å². The van der Waals surface area contributed by atoms with Crippen molar-refractivity contribution < 1.29 is 13.2 Å². The second kappa shape index (κ2) is 5.67. The third kappa shape index (κ3) is 2.79. The Balaban J connectivity index is 2.44. The van der Waals surface area contributed by atoms with E-state index in [4.69, 9.17) is 4.74 Å². The molecule has 1 N–H and O–H groups in total. The second-order valence-corrected chi connectivity index (χ2v) is 7.11. The van der Waals surface area contributed by atoms with Gasteiger partial charge in [-0.1, -0.05) is 0 Å². The molecule has 0 saturated carbocycles. The molecular weight excluding hydrogens is 278 g/mol. The van der Waals surface area contributed by atoms with Crippen molar-refractivity contribution in [3.05, 3.63) is 18.3 Å². The fraction of sp³-hybridized carbons (Fsp3) is 0.615. The maximum atomic E-state index is 12.9. The van der Waals surface area contributed by atoms with Crippen LogP contribution in [-0.2, 0) is 14.8 Å². The Morgan fingerprint density at radius 2 is 2.25 bits per heavy atom. The van der Waals surface area contributed by atoms with Crippen molar-refractivity contribution in [2.24, 2.45) is 0 Å². The molecule has 1 aromatic rings. The molecule has 0 amide bonds. The molecule has 0 spiro atoms. The zero-order valence-electron chi connectivity index (χ0n) is 12.1. The molecule has 7 heteroatoms. The van der Waals surface area contributed by atoms with Gasteiger partial charge in [0.1, 0.15) is 0 Å². The van der Waals surface area contributed by atoms with Crippen molar-refractivity contribution in [2.75, 3.05) is 31.6 Å². The van der Waals surface area contributed by atoms with Gasteiger partial charge in [0, 0.05) is 19.3 Å². The average molecular weight is 299 g/mol. The van der Waals surface area contributed by atoms with E-state index in [1.165, 1.54) is 10.5 Å². The predicted molar refractivity (Wildman–Crippen MR) is 77.2 cm³/mol. The molecule has 0 unspecified atom stereocenters. The molecule has 6 nitrogen and oxygen atoms in total. The first-order valence-corrected chi connectivity index (χ1v) is 8.13. The SMILES string of the molecule is CCNc1cccnc1S(=O)(=O)N1CCOCC1(C)C. The monoisotopic (exact) mass is 299 g/mol. The van der Waals surface area contributed by atoms with Gasteiger partial charge in [0.05, 0.1) is 24.4 Å². The molecule has 0 atom stereocenters. The molecule has 1 aliphatic heterocycles. The number of anilines is 1. The lowest BCUT2D eigenvalue weighted by molar-refractivity contribution is -0.00780. The largest absolute Gasteiger partial charge is 0.383 e. The highest BCUT2D eigenvalue weighted by Gasteiger charge is 2.41. The Labute approximate surface area is 120 Å². The van der Waals surface area contributed by atoms with Crippen molar-refractivity contribution in [3.8, 4) is 0 Å². The van der Waals surface area contributed by atoms with Gasteiger partial charge in [-0.15, -0.1) is 0 Å². The van der Waals surface area contributed by atoms with Crippen LogP contribution in [0.1, 0.15) is 20.8 Å². The first-order valence-electron chi connectivity index (χ1n) is 6.69. The highest BCUT2D eigenvalue weighted by atomic mass is 32.2. The number of pyridine rings is 1. The lowest BCUT2D eigenvalue weighted by Crippen LogP contribution is -2.55. The zero-order chi connectivity index (χ0) is 14.8. The normalized spacial score (nSPS) is 19.8. The number of hydrogen-bond acceptors (Lipinski definition) is 5. The summed E-state index contributed by atoms with van der Waals surface area (Å²) in [7, 11) is -3.64. The van der Waals surface area contributed by atoms with Crippen molar-refractivity contribution >= 4 is 15.7 Å². The van der Waals surface area contributed by atoms with Crippen LogP contribution in [0.3, 0.4) is 0 Å². The molecule has 1 fully saturated rings. The Morgan fingerprint density at radius 1 is 1.50 bits per heavy atom. The molecule has 0 radical (unpaired) electrons. The third-order valence-corrected chi connectivity index (χ3v) is 5.31. The number of nitrogens with zero attached hydrogens (tertiary/aromatic N) is 2. The second-order valence-electron chi connectivity index (χ2n) is 5.33. The number of nitrogens with one attached hydrogen (secondary N) is 1. The summed E-state index contributed by atoms with van der Waals surface area (Å²) in [6.45, 7) is 7.42. The van der Waals surface area contributed by atoms with Crippen LogP contribution in [0.4, 0.5) is 5.69 Å². The van der Waals surface area contributed by atoms with E-state index in [1.807, 2.05) is 20.8 Å². The van der Waals surface area contributed by atoms with E-state index in [0.29, 0.717) is 32.0 Å². The summed E-state index contributed by atoms with van der Waals surface area (Å²) in [5, 5.41) is 3.13. The van der Waals surface area contributed by atoms with E-state index in [2.05, 4.69) is 10.3 Å². The number of sulfonamides is 1. The van der Waals surface area contributed by atoms with Crippen molar-refractivity contribution in [1.82, 2.24) is 9.29 Å². The Morgan fingerprint density at radius 3 is 2.90 bits per heavy atom. The van der Waals surface area contributed by atoms with Crippen molar-refractivity contribution in [3.63, 3.8) is 0 Å². The van der Waals surface area contributed by atoms with E-state index in [1.54, 1.807) is 12.1 Å². The van der Waals surface area contributed by atoms with E-state index < -0.39 is 15.6 Å². The van der Waals surface area contributed by atoms with E-state index in [9.17, 15) is 8.42 Å². The van der Waals surface area contributed by atoms with Gasteiger partial charge in [-0.05, 0) is 32.9 Å². The van der Waals surface area contributed by atoms with Gasteiger partial charge in [-0.25, -0.2) is 13.4 Å². The third-order valence-electron chi connectivity index (χ3n) is 3.24. The number of ether oxygens (including phenoxy) is 1. The summed E-state index contributed by atoms with van der Waals surface area (Å²) in [6.07, 6.45) is 1.50. The minimum atomic E-state index is -3.64. The summed E-state index contributed by atoms with van der Waals surface area (Å²) in [4.78, 5) is 4.08. The zero-order valence-corrected chi connectivity index (χ0v) is 12.9. The molecular formula is C13H21N3O3S. The molecule has 1 aromatic heterocycles. The molecule has 112 valence electrons. The van der Waals surface area contributed by atoms with E-state index >= 15 is 0 Å². The Bertz CT molecular complexity index is 572. The minimum absolute atomic E-state index is 0.0804. The first kappa shape index (κ1) is 15.2. The standard InChI is InChI=1S/C13H21N3O3S/c1-4-14-11-6-5-7-15-12(11)20(17,18)16-8-9-19-10-13(16,2)3/h5-7,14H,4,8-10H2,1-3H3. The molecule has 20 heavy (non-hydrogen) atoms. The van der Waals surface area contributed by atoms with Gasteiger partial charge in [0.15, 0.2) is 5.03 Å². The number of morpholine rings is 1. The number of rotatable bonds is 4. The van der Waals surface area contributed by atoms with Gasteiger partial charge in [0.25, 0.3) is 10.0 Å². The highest BCUT2D eigenvalue weighted by molar-refractivity contribution is 7.89. The molecule has 0 aliphatic carbocycles. The van der Waals surface area contributed by atoms with Crippen LogP contribution in [-0.4, -0.2) is 49.5 Å². The predicted octanol–water partition coefficient (Wildman–Crippen LogP) is 1.31. The molecule has 0 bridgehead atoms. The van der Waals surface area contributed by atoms with Crippen LogP contribution < -0.4 is 5.32 Å². The van der Waals surface area contributed by atoms with Gasteiger partial charge in [-0.3, -0.25) is 0 Å². The fourth-order valence-corrected chi connectivity index (χ4v) is 4.15. The van der Waals surface area contributed by atoms with E-state index in [0.717, 1.165) is 0 Å². The molecule has 2 heterocycles. The molecule has 1 aliphatic rings. The van der Waals surface area contributed by atoms with Crippen LogP contribution in [0.15, 0.2) is 23.4 Å². The summed E-state index contributed by atoms with van der Waals surface area (Å²) in [6, 6.07) is 3.46. The summed E-state index contributed by atoms with van der Waals surface area (Å²) < 4.78 is 32.6. The summed E-state index contributed by atoms with van der Waals surface area (Å²) in [5.74, 6) is 0. The van der Waals surface area contributed by atoms with Gasteiger partial charge in [0.2, 0.25) is 0 Å². The lowest BCUT2D eigenvalue weighted by Gasteiger charge is -2.40. The Kier molecular flexibility index (Phi) is 4.31. The topological polar surface area (TPSA) is 71.5 Å². The molecule has 2 rings (SSSR count). The maximum absolute atomic E-state index is 12.9. The average Bonchev–Trinajstić information content (AvgIpc) is 2.38. The van der Waals surface area contributed by atoms with Gasteiger partial charge >= 0.3 is 0 Å². The highest BCUT2D eigenvalue weighted by Crippen LogP contribution is 2.29. The fourth-order valence-electron chi connectivity index (χ4n) is 2.32. The summed E-state index contributed by atoms with van der Waals surface area (Å²) >= 11 is 0. The maximum Gasteiger partial charge on any atom is 0.263 e. The molecule has 0 aromatic carbocycles. The summed E-state index contributed by atoms with van der Waals surface area (Å²) in [5.41, 5.74) is -0.0322.